The third kappa shape index (κ3) is 4.33. The van der Waals surface area contributed by atoms with Crippen molar-refractivity contribution in [1.82, 2.24) is 9.88 Å². The van der Waals surface area contributed by atoms with Crippen molar-refractivity contribution in [3.8, 4) is 11.5 Å². The van der Waals surface area contributed by atoms with Crippen LogP contribution in [-0.2, 0) is 6.42 Å². The number of aromatic hydroxyl groups is 1. The molecule has 5 heteroatoms. The first kappa shape index (κ1) is 23.0. The zero-order valence-electron chi connectivity index (χ0n) is 21.2. The third-order valence-corrected chi connectivity index (χ3v) is 8.06. The molecule has 3 aromatic carbocycles. The number of aromatic nitrogens is 1. The van der Waals surface area contributed by atoms with Crippen LogP contribution < -0.4 is 9.64 Å². The summed E-state index contributed by atoms with van der Waals surface area (Å²) in [5.74, 6) is 1.24. The van der Waals surface area contributed by atoms with E-state index < -0.39 is 0 Å². The number of H-pyrrole nitrogens is 1. The van der Waals surface area contributed by atoms with E-state index in [2.05, 4.69) is 77.3 Å². The van der Waals surface area contributed by atoms with Crippen LogP contribution in [0.3, 0.4) is 0 Å². The Morgan fingerprint density at radius 2 is 1.81 bits per heavy atom. The van der Waals surface area contributed by atoms with E-state index >= 15 is 0 Å². The minimum atomic E-state index is 0.0622. The van der Waals surface area contributed by atoms with Crippen molar-refractivity contribution in [3.05, 3.63) is 89.1 Å². The van der Waals surface area contributed by atoms with E-state index in [-0.39, 0.29) is 6.04 Å². The maximum absolute atomic E-state index is 10.1. The van der Waals surface area contributed by atoms with Gasteiger partial charge in [0.2, 0.25) is 0 Å². The zero-order valence-corrected chi connectivity index (χ0v) is 21.2. The second-order valence-corrected chi connectivity index (χ2v) is 10.4. The van der Waals surface area contributed by atoms with E-state index in [0.717, 1.165) is 42.6 Å². The molecular weight excluding hydrogens is 446 g/mol. The summed E-state index contributed by atoms with van der Waals surface area (Å²) in [5.41, 5.74) is 7.30. The van der Waals surface area contributed by atoms with E-state index in [1.807, 2.05) is 12.1 Å². The number of ether oxygens (including phenoxy) is 1. The molecule has 0 saturated carbocycles. The Kier molecular flexibility index (Phi) is 6.10. The van der Waals surface area contributed by atoms with E-state index in [1.54, 1.807) is 6.07 Å². The normalized spacial score (nSPS) is 20.1. The first-order valence-electron chi connectivity index (χ1n) is 13.2. The number of nitrogens with zero attached hydrogens (tertiary/aromatic N) is 2. The smallest absolute Gasteiger partial charge is 0.119 e. The number of phenolic OH excluding ortho intramolecular Hbond substituents is 1. The minimum Gasteiger partial charge on any atom is -0.508 e. The standard InChI is InChI=1S/C31H35N3O2/c1-21-5-9-24(10-6-21)34-18-15-27-28-20-25(35)11-14-29(28)32-30(27)31(34)22-7-12-26(13-8-22)36-19-16-23-4-3-17-33(23)2/h5-14,20,23,31-32,35H,3-4,15-19H2,1-2H3. The molecule has 0 bridgehead atoms. The summed E-state index contributed by atoms with van der Waals surface area (Å²) in [5, 5.41) is 11.3. The summed E-state index contributed by atoms with van der Waals surface area (Å²) in [6, 6.07) is 23.8. The molecule has 5 nitrogen and oxygen atoms in total. The molecule has 2 N–H and O–H groups in total. The molecular formula is C31H35N3O2. The zero-order chi connectivity index (χ0) is 24.6. The topological polar surface area (TPSA) is 51.7 Å². The van der Waals surface area contributed by atoms with Crippen LogP contribution in [0.2, 0.25) is 0 Å². The third-order valence-electron chi connectivity index (χ3n) is 8.06. The van der Waals surface area contributed by atoms with E-state index in [0.29, 0.717) is 11.8 Å². The Morgan fingerprint density at radius 1 is 1.00 bits per heavy atom. The molecule has 186 valence electrons. The highest BCUT2D eigenvalue weighted by molar-refractivity contribution is 5.87. The maximum atomic E-state index is 10.1. The van der Waals surface area contributed by atoms with Crippen LogP contribution in [0.25, 0.3) is 10.9 Å². The quantitative estimate of drug-likeness (QED) is 0.344. The number of hydrogen-bond acceptors (Lipinski definition) is 4. The number of rotatable bonds is 6. The molecule has 2 aliphatic rings. The van der Waals surface area contributed by atoms with Crippen molar-refractivity contribution >= 4 is 16.6 Å². The number of hydrogen-bond donors (Lipinski definition) is 2. The van der Waals surface area contributed by atoms with Gasteiger partial charge in [0.1, 0.15) is 11.5 Å². The first-order valence-corrected chi connectivity index (χ1v) is 13.2. The van der Waals surface area contributed by atoms with Crippen LogP contribution in [0, 0.1) is 6.92 Å². The summed E-state index contributed by atoms with van der Waals surface area (Å²) in [6.07, 6.45) is 4.58. The summed E-state index contributed by atoms with van der Waals surface area (Å²) in [6.45, 7) is 5.00. The van der Waals surface area contributed by atoms with Crippen molar-refractivity contribution < 1.29 is 9.84 Å². The highest BCUT2D eigenvalue weighted by Gasteiger charge is 2.32. The van der Waals surface area contributed by atoms with Crippen molar-refractivity contribution in [2.45, 2.75) is 44.7 Å². The molecule has 4 aromatic rings. The van der Waals surface area contributed by atoms with Gasteiger partial charge in [0.05, 0.1) is 12.6 Å². The van der Waals surface area contributed by atoms with Gasteiger partial charge >= 0.3 is 0 Å². The number of aromatic amines is 1. The summed E-state index contributed by atoms with van der Waals surface area (Å²) < 4.78 is 6.14. The summed E-state index contributed by atoms with van der Waals surface area (Å²) >= 11 is 0. The van der Waals surface area contributed by atoms with Gasteiger partial charge in [-0.1, -0.05) is 29.8 Å². The Balaban J connectivity index is 1.30. The van der Waals surface area contributed by atoms with Crippen LogP contribution in [0.1, 0.15) is 47.7 Å². The lowest BCUT2D eigenvalue weighted by molar-refractivity contribution is 0.233. The molecule has 1 aromatic heterocycles. The molecule has 1 fully saturated rings. The molecule has 0 radical (unpaired) electrons. The van der Waals surface area contributed by atoms with E-state index in [9.17, 15) is 5.11 Å². The molecule has 36 heavy (non-hydrogen) atoms. The first-order chi connectivity index (χ1) is 17.6. The van der Waals surface area contributed by atoms with Crippen molar-refractivity contribution in [2.24, 2.45) is 0 Å². The monoisotopic (exact) mass is 481 g/mol. The van der Waals surface area contributed by atoms with Gasteiger partial charge < -0.3 is 24.6 Å². The lowest BCUT2D eigenvalue weighted by Gasteiger charge is -2.38. The van der Waals surface area contributed by atoms with Gasteiger partial charge in [-0.15, -0.1) is 0 Å². The molecule has 3 heterocycles. The van der Waals surface area contributed by atoms with E-state index in [1.165, 1.54) is 47.5 Å². The predicted octanol–water partition coefficient (Wildman–Crippen LogP) is 6.20. The highest BCUT2D eigenvalue weighted by atomic mass is 16.5. The predicted molar refractivity (Wildman–Crippen MR) is 146 cm³/mol. The fraction of sp³-hybridized carbons (Fsp3) is 0.355. The number of anilines is 1. The highest BCUT2D eigenvalue weighted by Crippen LogP contribution is 2.41. The largest absolute Gasteiger partial charge is 0.508 e. The molecule has 0 aliphatic carbocycles. The second kappa shape index (κ2) is 9.55. The molecule has 0 spiro atoms. The SMILES string of the molecule is Cc1ccc(N2CCc3c([nH]c4ccc(O)cc34)C2c2ccc(OCCC3CCCN3C)cc2)cc1. The molecule has 2 atom stereocenters. The number of fused-ring (bicyclic) bond motifs is 3. The molecule has 0 amide bonds. The van der Waals surface area contributed by atoms with Gasteiger partial charge in [-0.05, 0) is 99.8 Å². The number of benzene rings is 3. The molecule has 2 aliphatic heterocycles. The van der Waals surface area contributed by atoms with Crippen molar-refractivity contribution in [2.75, 3.05) is 31.6 Å². The van der Waals surface area contributed by atoms with E-state index in [4.69, 9.17) is 4.74 Å². The number of nitrogens with one attached hydrogen (secondary N) is 1. The van der Waals surface area contributed by atoms with Crippen LogP contribution in [0.4, 0.5) is 5.69 Å². The molecule has 6 rings (SSSR count). The number of aryl methyl sites for hydroxylation is 1. The van der Waals surface area contributed by atoms with Crippen LogP contribution >= 0.6 is 0 Å². The van der Waals surface area contributed by atoms with Crippen molar-refractivity contribution in [3.63, 3.8) is 0 Å². The lowest BCUT2D eigenvalue weighted by Crippen LogP contribution is -2.36. The molecule has 1 saturated heterocycles. The average Bonchev–Trinajstić information content (AvgIpc) is 3.47. The van der Waals surface area contributed by atoms with Gasteiger partial charge in [-0.2, -0.15) is 0 Å². The summed E-state index contributed by atoms with van der Waals surface area (Å²) in [4.78, 5) is 8.64. The fourth-order valence-electron chi connectivity index (χ4n) is 6.04. The fourth-order valence-corrected chi connectivity index (χ4v) is 6.04. The molecule has 2 unspecified atom stereocenters. The Hall–Kier alpha value is -3.44. The van der Waals surface area contributed by atoms with Gasteiger partial charge in [-0.3, -0.25) is 0 Å². The number of likely N-dealkylation sites (tertiary alicyclic amines) is 1. The second-order valence-electron chi connectivity index (χ2n) is 10.4. The van der Waals surface area contributed by atoms with Gasteiger partial charge in [-0.25, -0.2) is 0 Å². The minimum absolute atomic E-state index is 0.0622. The van der Waals surface area contributed by atoms with Crippen LogP contribution in [0.15, 0.2) is 66.7 Å². The average molecular weight is 482 g/mol. The lowest BCUT2D eigenvalue weighted by atomic mass is 9.91. The summed E-state index contributed by atoms with van der Waals surface area (Å²) in [7, 11) is 2.22. The Bertz CT molecular complexity index is 1340. The van der Waals surface area contributed by atoms with Gasteiger partial charge in [0.25, 0.3) is 0 Å². The van der Waals surface area contributed by atoms with Crippen molar-refractivity contribution in [1.29, 1.82) is 0 Å². The maximum Gasteiger partial charge on any atom is 0.119 e. The van der Waals surface area contributed by atoms with Crippen LogP contribution in [-0.4, -0.2) is 47.8 Å². The Labute approximate surface area is 213 Å². The Morgan fingerprint density at radius 3 is 2.56 bits per heavy atom. The van der Waals surface area contributed by atoms with Crippen LogP contribution in [0.5, 0.6) is 11.5 Å². The number of phenols is 1. The van der Waals surface area contributed by atoms with Gasteiger partial charge in [0.15, 0.2) is 0 Å². The van der Waals surface area contributed by atoms with Gasteiger partial charge in [0, 0.05) is 34.9 Å².